The van der Waals surface area contributed by atoms with Crippen molar-refractivity contribution in [3.63, 3.8) is 0 Å². The minimum Gasteiger partial charge on any atom is -0.497 e. The van der Waals surface area contributed by atoms with Crippen molar-refractivity contribution in [3.8, 4) is 11.5 Å². The Hall–Kier alpha value is -4.04. The molecule has 3 aromatic carbocycles. The third kappa shape index (κ3) is 4.75. The molecule has 0 radical (unpaired) electrons. The lowest BCUT2D eigenvalue weighted by atomic mass is 9.89. The van der Waals surface area contributed by atoms with Gasteiger partial charge in [0, 0.05) is 17.6 Å². The highest BCUT2D eigenvalue weighted by Gasteiger charge is 2.24. The summed E-state index contributed by atoms with van der Waals surface area (Å²) < 4.78 is 18.8. The van der Waals surface area contributed by atoms with Crippen LogP contribution in [0.3, 0.4) is 0 Å². The third-order valence-corrected chi connectivity index (χ3v) is 5.78. The zero-order chi connectivity index (χ0) is 23.4. The van der Waals surface area contributed by atoms with E-state index in [1.807, 2.05) is 12.1 Å². The van der Waals surface area contributed by atoms with Gasteiger partial charge in [0.1, 0.15) is 22.5 Å². The molecule has 0 amide bonds. The molecule has 7 nitrogen and oxygen atoms in total. The number of ketones is 1. The first-order valence-electron chi connectivity index (χ1n) is 10.0. The molecule has 0 atom stereocenters. The molecule has 0 fully saturated rings. The molecule has 0 aliphatic carbocycles. The van der Waals surface area contributed by atoms with E-state index in [1.165, 1.54) is 7.11 Å². The Kier molecular flexibility index (Phi) is 6.46. The van der Waals surface area contributed by atoms with Crippen molar-refractivity contribution in [3.05, 3.63) is 89.0 Å². The van der Waals surface area contributed by atoms with Crippen LogP contribution in [0.5, 0.6) is 11.5 Å². The van der Waals surface area contributed by atoms with E-state index in [9.17, 15) is 14.7 Å². The lowest BCUT2D eigenvalue weighted by Gasteiger charge is -2.14. The number of carboxylic acid groups (broad SMARTS) is 1. The Morgan fingerprint density at radius 2 is 1.39 bits per heavy atom. The van der Waals surface area contributed by atoms with E-state index >= 15 is 0 Å². The van der Waals surface area contributed by atoms with Crippen LogP contribution >= 0.6 is 11.7 Å². The molecule has 0 unspecified atom stereocenters. The Morgan fingerprint density at radius 1 is 0.818 bits per heavy atom. The van der Waals surface area contributed by atoms with E-state index in [0.29, 0.717) is 33.7 Å². The fourth-order valence-corrected chi connectivity index (χ4v) is 4.03. The van der Waals surface area contributed by atoms with Crippen molar-refractivity contribution in [1.82, 2.24) is 8.75 Å². The number of ether oxygens (including phenoxy) is 2. The lowest BCUT2D eigenvalue weighted by molar-refractivity contribution is -0.130. The molecule has 8 heteroatoms. The highest BCUT2D eigenvalue weighted by Crippen LogP contribution is 2.28. The van der Waals surface area contributed by atoms with Crippen LogP contribution in [-0.2, 0) is 11.2 Å². The topological polar surface area (TPSA) is 98.6 Å². The first kappa shape index (κ1) is 22.2. The monoisotopic (exact) mass is 460 g/mol. The lowest BCUT2D eigenvalue weighted by Crippen LogP contribution is -2.14. The van der Waals surface area contributed by atoms with Crippen molar-refractivity contribution in [2.75, 3.05) is 14.2 Å². The summed E-state index contributed by atoms with van der Waals surface area (Å²) in [5, 5.41) is 10.2. The van der Waals surface area contributed by atoms with Gasteiger partial charge in [-0.1, -0.05) is 18.2 Å². The van der Waals surface area contributed by atoms with E-state index in [0.717, 1.165) is 17.3 Å². The Labute approximate surface area is 194 Å². The van der Waals surface area contributed by atoms with Crippen LogP contribution in [0.25, 0.3) is 16.6 Å². The molecular weight excluding hydrogens is 440 g/mol. The van der Waals surface area contributed by atoms with Gasteiger partial charge in [-0.15, -0.1) is 0 Å². The molecule has 4 aromatic rings. The summed E-state index contributed by atoms with van der Waals surface area (Å²) in [6.45, 7) is 0. The second-order valence-corrected chi connectivity index (χ2v) is 7.74. The molecule has 0 bridgehead atoms. The number of aromatic nitrogens is 2. The van der Waals surface area contributed by atoms with E-state index in [-0.39, 0.29) is 23.4 Å². The van der Waals surface area contributed by atoms with E-state index in [1.54, 1.807) is 61.7 Å². The minimum atomic E-state index is -1.19. The maximum Gasteiger partial charge on any atom is 0.336 e. The molecule has 1 N–H and O–H groups in total. The number of hydrogen-bond donors (Lipinski definition) is 1. The molecule has 1 heterocycles. The quantitative estimate of drug-likeness (QED) is 0.301. The number of rotatable bonds is 8. The van der Waals surface area contributed by atoms with Gasteiger partial charge in [-0.05, 0) is 59.7 Å². The summed E-state index contributed by atoms with van der Waals surface area (Å²) in [7, 11) is 3.11. The highest BCUT2D eigenvalue weighted by molar-refractivity contribution is 7.00. The molecule has 4 rings (SSSR count). The second kappa shape index (κ2) is 9.62. The van der Waals surface area contributed by atoms with Crippen molar-refractivity contribution in [2.24, 2.45) is 0 Å². The molecule has 0 aliphatic heterocycles. The van der Waals surface area contributed by atoms with Gasteiger partial charge < -0.3 is 14.6 Å². The van der Waals surface area contributed by atoms with Crippen LogP contribution in [0.1, 0.15) is 21.5 Å². The average Bonchev–Trinajstić information content (AvgIpc) is 3.31. The van der Waals surface area contributed by atoms with Gasteiger partial charge in [0.15, 0.2) is 5.78 Å². The number of hydrogen-bond acceptors (Lipinski definition) is 7. The van der Waals surface area contributed by atoms with E-state index < -0.39 is 5.97 Å². The number of aliphatic carboxylic acids is 1. The van der Waals surface area contributed by atoms with Crippen LogP contribution in [0, 0.1) is 0 Å². The zero-order valence-corrected chi connectivity index (χ0v) is 18.8. The van der Waals surface area contributed by atoms with Crippen LogP contribution in [0.15, 0.2) is 72.3 Å². The molecule has 0 aliphatic rings. The van der Waals surface area contributed by atoms with Crippen molar-refractivity contribution >= 4 is 40.1 Å². The number of benzene rings is 3. The summed E-state index contributed by atoms with van der Waals surface area (Å²) >= 11 is 1.05. The summed E-state index contributed by atoms with van der Waals surface area (Å²) in [6, 6.07) is 18.8. The van der Waals surface area contributed by atoms with E-state index in [4.69, 9.17) is 9.47 Å². The Morgan fingerprint density at radius 3 is 2.00 bits per heavy atom. The molecule has 33 heavy (non-hydrogen) atoms. The predicted octanol–water partition coefficient (Wildman–Crippen LogP) is 4.67. The number of carbonyl (C=O) groups is 2. The van der Waals surface area contributed by atoms with Crippen LogP contribution in [0.4, 0.5) is 0 Å². The maximum absolute atomic E-state index is 13.6. The molecule has 166 valence electrons. The van der Waals surface area contributed by atoms with Crippen LogP contribution in [-0.4, -0.2) is 39.8 Å². The molecule has 0 saturated heterocycles. The summed E-state index contributed by atoms with van der Waals surface area (Å²) in [6.07, 6.45) is 0.129. The number of carboxylic acids is 1. The summed E-state index contributed by atoms with van der Waals surface area (Å²) in [5.74, 6) is -0.289. The molecule has 0 saturated carbocycles. The molecule has 0 spiro atoms. The number of allylic oxidation sites excluding steroid dienone is 1. The smallest absolute Gasteiger partial charge is 0.336 e. The Bertz CT molecular complexity index is 1340. The average molecular weight is 461 g/mol. The number of fused-ring (bicyclic) bond motifs is 1. The number of carbonyl (C=O) groups excluding carboxylic acids is 1. The first-order chi connectivity index (χ1) is 16.0. The van der Waals surface area contributed by atoms with Crippen molar-refractivity contribution in [1.29, 1.82) is 0 Å². The maximum atomic E-state index is 13.6. The number of nitrogens with zero attached hydrogens (tertiary/aromatic N) is 2. The Balaban J connectivity index is 1.87. The fraction of sp³-hybridized carbons (Fsp3) is 0.120. The standard InChI is InChI=1S/C25H20N2O5S/c1-31-18-8-3-15(4-9-18)13-20(24(28)16-5-10-19(32-2)11-6-16)23(25(29)30)17-7-12-21-22(14-17)27-33-26-21/h3-12,14H,13H2,1-2H3,(H,29,30)/b23-20+. The van der Waals surface area contributed by atoms with Crippen LogP contribution < -0.4 is 9.47 Å². The second-order valence-electron chi connectivity index (χ2n) is 7.21. The predicted molar refractivity (Wildman–Crippen MR) is 126 cm³/mol. The summed E-state index contributed by atoms with van der Waals surface area (Å²) in [4.78, 5) is 26.1. The van der Waals surface area contributed by atoms with Gasteiger partial charge in [-0.3, -0.25) is 4.79 Å². The highest BCUT2D eigenvalue weighted by atomic mass is 32.1. The molecular formula is C25H20N2O5S. The van der Waals surface area contributed by atoms with E-state index in [2.05, 4.69) is 8.75 Å². The van der Waals surface area contributed by atoms with Crippen molar-refractivity contribution < 1.29 is 24.2 Å². The van der Waals surface area contributed by atoms with Gasteiger partial charge >= 0.3 is 5.97 Å². The first-order valence-corrected chi connectivity index (χ1v) is 10.7. The van der Waals surface area contributed by atoms with Gasteiger partial charge in [0.05, 0.1) is 31.5 Å². The van der Waals surface area contributed by atoms with Crippen LogP contribution in [0.2, 0.25) is 0 Å². The minimum absolute atomic E-state index is 0.0680. The number of methoxy groups -OCH3 is 2. The van der Waals surface area contributed by atoms with Gasteiger partial charge in [-0.2, -0.15) is 8.75 Å². The molecule has 1 aromatic heterocycles. The number of Topliss-reactive ketones (excluding diaryl/α,β-unsaturated/α-hetero) is 1. The summed E-state index contributed by atoms with van der Waals surface area (Å²) in [5.41, 5.74) is 2.90. The van der Waals surface area contributed by atoms with Gasteiger partial charge in [0.25, 0.3) is 0 Å². The SMILES string of the molecule is COc1ccc(C/C(C(=O)c2ccc(OC)cc2)=C(\C(=O)O)c2ccc3nsnc3c2)cc1. The normalized spacial score (nSPS) is 11.7. The largest absolute Gasteiger partial charge is 0.497 e. The van der Waals surface area contributed by atoms with Crippen molar-refractivity contribution in [2.45, 2.75) is 6.42 Å². The zero-order valence-electron chi connectivity index (χ0n) is 17.9. The fourth-order valence-electron chi connectivity index (χ4n) is 3.51. The third-order valence-electron chi connectivity index (χ3n) is 5.22. The van der Waals surface area contributed by atoms with Gasteiger partial charge in [0.2, 0.25) is 0 Å². The van der Waals surface area contributed by atoms with Gasteiger partial charge in [-0.25, -0.2) is 4.79 Å².